The molecule has 112 valence electrons. The van der Waals surface area contributed by atoms with Crippen molar-refractivity contribution in [3.63, 3.8) is 0 Å². The Morgan fingerprint density at radius 3 is 3.00 bits per heavy atom. The van der Waals surface area contributed by atoms with E-state index in [0.717, 1.165) is 6.07 Å². The Morgan fingerprint density at radius 1 is 1.57 bits per heavy atom. The summed E-state index contributed by atoms with van der Waals surface area (Å²) in [6, 6.07) is 4.07. The third kappa shape index (κ3) is 3.25. The van der Waals surface area contributed by atoms with E-state index in [0.29, 0.717) is 18.5 Å². The molecule has 1 unspecified atom stereocenters. The van der Waals surface area contributed by atoms with E-state index in [4.69, 9.17) is 4.74 Å². The molecule has 21 heavy (non-hydrogen) atoms. The number of non-ortho nitro benzene ring substituents is 1. The topological polar surface area (TPSA) is 77.3 Å². The van der Waals surface area contributed by atoms with Gasteiger partial charge in [0.05, 0.1) is 28.7 Å². The number of hydrogen-bond acceptors (Lipinski definition) is 5. The number of fused-ring (bicyclic) bond motifs is 1. The molecule has 0 aliphatic rings. The first-order valence-electron chi connectivity index (χ1n) is 6.49. The summed E-state index contributed by atoms with van der Waals surface area (Å²) >= 11 is 0. The highest BCUT2D eigenvalue weighted by Gasteiger charge is 2.20. The summed E-state index contributed by atoms with van der Waals surface area (Å²) in [5.74, 6) is -0.513. The molecule has 1 aromatic carbocycles. The number of benzene rings is 1. The van der Waals surface area contributed by atoms with Gasteiger partial charge in [0.1, 0.15) is 5.52 Å². The van der Waals surface area contributed by atoms with Gasteiger partial charge in [-0.1, -0.05) is 6.92 Å². The number of pyridine rings is 1. The summed E-state index contributed by atoms with van der Waals surface area (Å²) in [4.78, 5) is 14.5. The van der Waals surface area contributed by atoms with Gasteiger partial charge in [0.25, 0.3) is 5.69 Å². The summed E-state index contributed by atoms with van der Waals surface area (Å²) in [5.41, 5.74) is 0.152. The van der Waals surface area contributed by atoms with Crippen LogP contribution in [0.3, 0.4) is 0 Å². The normalized spacial score (nSPS) is 12.3. The minimum atomic E-state index is -0.683. The quantitative estimate of drug-likeness (QED) is 0.654. The zero-order valence-electron chi connectivity index (χ0n) is 11.8. The first-order chi connectivity index (χ1) is 10.0. The predicted octanol–water partition coefficient (Wildman–Crippen LogP) is 2.98. The largest absolute Gasteiger partial charge is 0.384 e. The monoisotopic (exact) mass is 293 g/mol. The molecule has 1 aromatic heterocycles. The van der Waals surface area contributed by atoms with E-state index < -0.39 is 10.7 Å². The summed E-state index contributed by atoms with van der Waals surface area (Å²) in [6.07, 6.45) is 1.48. The minimum Gasteiger partial charge on any atom is -0.384 e. The van der Waals surface area contributed by atoms with Crippen LogP contribution in [0.5, 0.6) is 0 Å². The van der Waals surface area contributed by atoms with Crippen molar-refractivity contribution in [2.75, 3.05) is 25.6 Å². The van der Waals surface area contributed by atoms with Gasteiger partial charge < -0.3 is 10.1 Å². The molecule has 0 aliphatic carbocycles. The SMILES string of the molecule is COCC(C)CNc1c(F)cc([N+](=O)[O-])c2cccnc12. The van der Waals surface area contributed by atoms with Gasteiger partial charge in [-0.3, -0.25) is 15.1 Å². The molecule has 7 heteroatoms. The number of rotatable bonds is 6. The summed E-state index contributed by atoms with van der Waals surface area (Å²) in [6.45, 7) is 2.97. The van der Waals surface area contributed by atoms with Crippen LogP contribution in [0.1, 0.15) is 6.92 Å². The predicted molar refractivity (Wildman–Crippen MR) is 77.9 cm³/mol. The Balaban J connectivity index is 2.42. The maximum Gasteiger partial charge on any atom is 0.281 e. The van der Waals surface area contributed by atoms with Crippen LogP contribution in [0, 0.1) is 21.8 Å². The lowest BCUT2D eigenvalue weighted by Crippen LogP contribution is -2.17. The lowest BCUT2D eigenvalue weighted by atomic mass is 10.1. The molecule has 0 amide bonds. The van der Waals surface area contributed by atoms with E-state index in [1.165, 1.54) is 6.20 Å². The van der Waals surface area contributed by atoms with Crippen LogP contribution >= 0.6 is 0 Å². The number of halogens is 1. The highest BCUT2D eigenvalue weighted by Crippen LogP contribution is 2.32. The number of aromatic nitrogens is 1. The van der Waals surface area contributed by atoms with Gasteiger partial charge in [0, 0.05) is 19.9 Å². The smallest absolute Gasteiger partial charge is 0.281 e. The van der Waals surface area contributed by atoms with Crippen molar-refractivity contribution in [1.29, 1.82) is 0 Å². The van der Waals surface area contributed by atoms with E-state index in [-0.39, 0.29) is 22.8 Å². The fourth-order valence-corrected chi connectivity index (χ4v) is 2.13. The second-order valence-electron chi connectivity index (χ2n) is 4.85. The molecule has 0 saturated heterocycles. The Bertz CT molecular complexity index is 663. The molecule has 0 fully saturated rings. The highest BCUT2D eigenvalue weighted by molar-refractivity contribution is 5.97. The minimum absolute atomic E-state index is 0.170. The van der Waals surface area contributed by atoms with Crippen LogP contribution in [-0.2, 0) is 4.74 Å². The van der Waals surface area contributed by atoms with E-state index in [1.54, 1.807) is 19.2 Å². The fraction of sp³-hybridized carbons (Fsp3) is 0.357. The third-order valence-corrected chi connectivity index (χ3v) is 3.10. The van der Waals surface area contributed by atoms with Crippen LogP contribution < -0.4 is 5.32 Å². The average molecular weight is 293 g/mol. The number of ether oxygens (including phenoxy) is 1. The van der Waals surface area contributed by atoms with E-state index in [2.05, 4.69) is 10.3 Å². The summed E-state index contributed by atoms with van der Waals surface area (Å²) in [7, 11) is 1.60. The number of anilines is 1. The van der Waals surface area contributed by atoms with Gasteiger partial charge in [-0.15, -0.1) is 0 Å². The van der Waals surface area contributed by atoms with Crippen molar-refractivity contribution < 1.29 is 14.1 Å². The zero-order chi connectivity index (χ0) is 15.4. The van der Waals surface area contributed by atoms with Gasteiger partial charge in [0.2, 0.25) is 0 Å². The Morgan fingerprint density at radius 2 is 2.33 bits per heavy atom. The van der Waals surface area contributed by atoms with Crippen molar-refractivity contribution in [3.05, 3.63) is 40.3 Å². The molecule has 1 N–H and O–H groups in total. The van der Waals surface area contributed by atoms with Crippen LogP contribution in [-0.4, -0.2) is 30.2 Å². The molecule has 2 aromatic rings. The average Bonchev–Trinajstić information content (AvgIpc) is 2.45. The maximum absolute atomic E-state index is 14.1. The number of nitrogens with one attached hydrogen (secondary N) is 1. The second-order valence-corrected chi connectivity index (χ2v) is 4.85. The lowest BCUT2D eigenvalue weighted by molar-refractivity contribution is -0.383. The van der Waals surface area contributed by atoms with E-state index >= 15 is 0 Å². The standard InChI is InChI=1S/C14H16FN3O3/c1-9(8-21-2)7-17-14-11(15)6-12(18(19)20)10-4-3-5-16-13(10)14/h3-6,9,17H,7-8H2,1-2H3. The maximum atomic E-state index is 14.1. The number of nitro groups is 1. The van der Waals surface area contributed by atoms with Gasteiger partial charge in [-0.25, -0.2) is 4.39 Å². The van der Waals surface area contributed by atoms with Crippen molar-refractivity contribution >= 4 is 22.3 Å². The lowest BCUT2D eigenvalue weighted by Gasteiger charge is -2.14. The second kappa shape index (κ2) is 6.45. The summed E-state index contributed by atoms with van der Waals surface area (Å²) < 4.78 is 19.2. The van der Waals surface area contributed by atoms with Gasteiger partial charge >= 0.3 is 0 Å². The van der Waals surface area contributed by atoms with Crippen molar-refractivity contribution in [2.24, 2.45) is 5.92 Å². The molecule has 0 radical (unpaired) electrons. The van der Waals surface area contributed by atoms with Crippen molar-refractivity contribution in [2.45, 2.75) is 6.92 Å². The van der Waals surface area contributed by atoms with Crippen molar-refractivity contribution in [1.82, 2.24) is 4.98 Å². The number of methoxy groups -OCH3 is 1. The Labute approximate surface area is 121 Å². The van der Waals surface area contributed by atoms with Crippen molar-refractivity contribution in [3.8, 4) is 0 Å². The van der Waals surface area contributed by atoms with Gasteiger partial charge in [-0.05, 0) is 18.1 Å². The molecule has 2 rings (SSSR count). The first kappa shape index (κ1) is 15.1. The molecule has 0 spiro atoms. The molecular weight excluding hydrogens is 277 g/mol. The number of nitro benzene ring substituents is 1. The van der Waals surface area contributed by atoms with Crippen LogP contribution in [0.25, 0.3) is 10.9 Å². The Hall–Kier alpha value is -2.28. The van der Waals surface area contributed by atoms with Gasteiger partial charge in [0.15, 0.2) is 5.82 Å². The van der Waals surface area contributed by atoms with Crippen LogP contribution in [0.4, 0.5) is 15.8 Å². The number of nitrogens with zero attached hydrogens (tertiary/aromatic N) is 2. The van der Waals surface area contributed by atoms with Crippen LogP contribution in [0.15, 0.2) is 24.4 Å². The molecule has 0 saturated carbocycles. The van der Waals surface area contributed by atoms with Gasteiger partial charge in [-0.2, -0.15) is 0 Å². The molecular formula is C14H16FN3O3. The van der Waals surface area contributed by atoms with E-state index in [9.17, 15) is 14.5 Å². The summed E-state index contributed by atoms with van der Waals surface area (Å²) in [5, 5.41) is 14.3. The molecule has 0 bridgehead atoms. The van der Waals surface area contributed by atoms with Crippen LogP contribution in [0.2, 0.25) is 0 Å². The molecule has 0 aliphatic heterocycles. The third-order valence-electron chi connectivity index (χ3n) is 3.10. The molecule has 1 atom stereocenters. The number of hydrogen-bond donors (Lipinski definition) is 1. The first-order valence-corrected chi connectivity index (χ1v) is 6.49. The Kier molecular flexibility index (Phi) is 4.64. The van der Waals surface area contributed by atoms with E-state index in [1.807, 2.05) is 6.92 Å². The zero-order valence-corrected chi connectivity index (χ0v) is 11.8. The molecule has 1 heterocycles. The molecule has 6 nitrogen and oxygen atoms in total. The highest BCUT2D eigenvalue weighted by atomic mass is 19.1. The fourth-order valence-electron chi connectivity index (χ4n) is 2.13.